The summed E-state index contributed by atoms with van der Waals surface area (Å²) in [4.78, 5) is 34.1. The normalized spacial score (nSPS) is 10.6. The first-order valence-electron chi connectivity index (χ1n) is 14.9. The molecule has 260 valence electrons. The summed E-state index contributed by atoms with van der Waals surface area (Å²) in [5.74, 6) is 0.440. The molecular formula is C36H36F4N2O7. The van der Waals surface area contributed by atoms with Gasteiger partial charge in [-0.15, -0.1) is 0 Å². The molecule has 9 nitrogen and oxygen atoms in total. The van der Waals surface area contributed by atoms with Crippen molar-refractivity contribution in [3.8, 4) is 17.2 Å². The molecule has 5 rings (SSSR count). The molecule has 0 atom stereocenters. The molecule has 0 aliphatic rings. The molecule has 0 spiro atoms. The molecule has 0 aliphatic heterocycles. The molecule has 0 bridgehead atoms. The fourth-order valence-corrected chi connectivity index (χ4v) is 4.32. The van der Waals surface area contributed by atoms with Crippen molar-refractivity contribution in [3.05, 3.63) is 156 Å². The van der Waals surface area contributed by atoms with Crippen molar-refractivity contribution in [1.29, 1.82) is 0 Å². The summed E-state index contributed by atoms with van der Waals surface area (Å²) >= 11 is 0. The topological polar surface area (TPSA) is 113 Å². The van der Waals surface area contributed by atoms with Gasteiger partial charge in [0.15, 0.2) is 11.5 Å². The number of hydrogen-bond donors (Lipinski definition) is 1. The van der Waals surface area contributed by atoms with E-state index in [1.54, 1.807) is 13.8 Å². The minimum Gasteiger partial charge on any atom is -0.503 e. The third-order valence-electron chi connectivity index (χ3n) is 6.93. The molecule has 3 aromatic heterocycles. The van der Waals surface area contributed by atoms with Crippen LogP contribution in [-0.2, 0) is 26.3 Å². The van der Waals surface area contributed by atoms with Crippen LogP contribution in [0.5, 0.6) is 17.2 Å². The minimum atomic E-state index is -2.50. The average Bonchev–Trinajstić information content (AvgIpc) is 3.07. The average molecular weight is 685 g/mol. The Labute approximate surface area is 279 Å². The fraction of sp³-hybridized carbons (Fsp3) is 0.250. The quantitative estimate of drug-likeness (QED) is 0.164. The number of rotatable bonds is 10. The van der Waals surface area contributed by atoms with Crippen LogP contribution in [0.1, 0.15) is 28.3 Å². The van der Waals surface area contributed by atoms with E-state index in [9.17, 15) is 31.9 Å². The summed E-state index contributed by atoms with van der Waals surface area (Å²) < 4.78 is 67.3. The van der Waals surface area contributed by atoms with E-state index in [1.165, 1.54) is 42.3 Å². The van der Waals surface area contributed by atoms with Crippen LogP contribution in [0, 0.1) is 20.8 Å². The van der Waals surface area contributed by atoms with Crippen LogP contribution >= 0.6 is 0 Å². The second-order valence-corrected chi connectivity index (χ2v) is 10.5. The Morgan fingerprint density at radius 3 is 1.57 bits per heavy atom. The number of hydrogen-bond acceptors (Lipinski definition) is 7. The standard InChI is InChI=1S/C15H15F2NO2.C13H12O3.C8H9F2NO2/c1-11-15(20-10-12-5-3-2-4-6-12)13(19)7-8-18(11)9-14(16)17;1-10-13(12(14)7-8-15-10)16-9-11-5-3-2-4-6-11;1-5-8(13)6(12)2-3-11(5)4-7(9)10/h2-8,14H,9-10H2,1H3;2-8H,9H2,1H3;2-3,7,13H,4H2,1H3. The van der Waals surface area contributed by atoms with Gasteiger partial charge in [-0.05, 0) is 31.9 Å². The number of aromatic hydroxyl groups is 1. The predicted molar refractivity (Wildman–Crippen MR) is 176 cm³/mol. The number of benzene rings is 2. The van der Waals surface area contributed by atoms with Crippen molar-refractivity contribution in [3.63, 3.8) is 0 Å². The monoisotopic (exact) mass is 684 g/mol. The van der Waals surface area contributed by atoms with E-state index >= 15 is 0 Å². The van der Waals surface area contributed by atoms with Gasteiger partial charge < -0.3 is 28.1 Å². The predicted octanol–water partition coefficient (Wildman–Crippen LogP) is 6.66. The lowest BCUT2D eigenvalue weighted by Gasteiger charge is -2.14. The van der Waals surface area contributed by atoms with E-state index in [-0.39, 0.29) is 34.7 Å². The molecule has 5 aromatic rings. The first kappa shape index (κ1) is 37.9. The van der Waals surface area contributed by atoms with Gasteiger partial charge >= 0.3 is 0 Å². The van der Waals surface area contributed by atoms with Gasteiger partial charge in [-0.1, -0.05) is 60.7 Å². The van der Waals surface area contributed by atoms with Crippen molar-refractivity contribution in [2.75, 3.05) is 0 Å². The first-order chi connectivity index (χ1) is 23.4. The van der Waals surface area contributed by atoms with Crippen LogP contribution in [0.3, 0.4) is 0 Å². The number of aryl methyl sites for hydroxylation is 1. The minimum absolute atomic E-state index is 0.122. The molecule has 0 fully saturated rings. The number of ether oxygens (including phenoxy) is 2. The maximum atomic E-state index is 12.4. The SMILES string of the molecule is Cc1c(O)c(=O)ccn1CC(F)F.Cc1c(OCc2ccccc2)c(=O)ccn1CC(F)F.Cc1occc(=O)c1OCc1ccccc1. The number of pyridine rings is 2. The highest BCUT2D eigenvalue weighted by Crippen LogP contribution is 2.16. The molecule has 3 heterocycles. The van der Waals surface area contributed by atoms with Gasteiger partial charge in [0.2, 0.25) is 22.0 Å². The summed E-state index contributed by atoms with van der Waals surface area (Å²) in [5.41, 5.74) is 1.49. The van der Waals surface area contributed by atoms with E-state index in [1.807, 2.05) is 60.7 Å². The smallest absolute Gasteiger partial charge is 0.256 e. The first-order valence-corrected chi connectivity index (χ1v) is 14.9. The molecule has 0 saturated heterocycles. The fourth-order valence-electron chi connectivity index (χ4n) is 4.32. The van der Waals surface area contributed by atoms with Crippen LogP contribution in [0.2, 0.25) is 0 Å². The summed E-state index contributed by atoms with van der Waals surface area (Å²) in [5, 5.41) is 9.12. The third kappa shape index (κ3) is 11.9. The summed E-state index contributed by atoms with van der Waals surface area (Å²) in [6, 6.07) is 22.7. The van der Waals surface area contributed by atoms with E-state index in [4.69, 9.17) is 19.0 Å². The van der Waals surface area contributed by atoms with Crippen molar-refractivity contribution in [2.24, 2.45) is 0 Å². The highest BCUT2D eigenvalue weighted by Gasteiger charge is 2.12. The molecule has 49 heavy (non-hydrogen) atoms. The van der Waals surface area contributed by atoms with E-state index < -0.39 is 37.1 Å². The van der Waals surface area contributed by atoms with Crippen LogP contribution in [0.25, 0.3) is 0 Å². The molecular weight excluding hydrogens is 648 g/mol. The lowest BCUT2D eigenvalue weighted by atomic mass is 10.2. The van der Waals surface area contributed by atoms with E-state index in [0.29, 0.717) is 18.1 Å². The van der Waals surface area contributed by atoms with Crippen LogP contribution in [0.4, 0.5) is 17.6 Å². The third-order valence-corrected chi connectivity index (χ3v) is 6.93. The Balaban J connectivity index is 0.000000204. The molecule has 0 saturated carbocycles. The van der Waals surface area contributed by atoms with Gasteiger partial charge in [-0.3, -0.25) is 14.4 Å². The molecule has 2 aromatic carbocycles. The number of alkyl halides is 4. The van der Waals surface area contributed by atoms with E-state index in [0.717, 1.165) is 21.8 Å². The van der Waals surface area contributed by atoms with Crippen LogP contribution < -0.4 is 25.8 Å². The van der Waals surface area contributed by atoms with Gasteiger partial charge in [-0.25, -0.2) is 17.6 Å². The van der Waals surface area contributed by atoms with Crippen molar-refractivity contribution < 1.29 is 36.6 Å². The molecule has 1 N–H and O–H groups in total. The van der Waals surface area contributed by atoms with Gasteiger partial charge in [0.05, 0.1) is 30.7 Å². The lowest BCUT2D eigenvalue weighted by molar-refractivity contribution is 0.124. The second-order valence-electron chi connectivity index (χ2n) is 10.5. The maximum Gasteiger partial charge on any atom is 0.256 e. The zero-order valence-electron chi connectivity index (χ0n) is 27.0. The van der Waals surface area contributed by atoms with E-state index in [2.05, 4.69) is 0 Å². The molecule has 0 unspecified atom stereocenters. The van der Waals surface area contributed by atoms with Gasteiger partial charge in [0.1, 0.15) is 19.0 Å². The number of halogens is 4. The Kier molecular flexibility index (Phi) is 14.4. The summed E-state index contributed by atoms with van der Waals surface area (Å²) in [7, 11) is 0. The van der Waals surface area contributed by atoms with Gasteiger partial charge in [0.25, 0.3) is 12.9 Å². The largest absolute Gasteiger partial charge is 0.503 e. The Bertz CT molecular complexity index is 1940. The number of aromatic nitrogens is 2. The van der Waals surface area contributed by atoms with Crippen molar-refractivity contribution in [1.82, 2.24) is 9.13 Å². The lowest BCUT2D eigenvalue weighted by Crippen LogP contribution is -2.17. The highest BCUT2D eigenvalue weighted by molar-refractivity contribution is 5.28. The molecule has 0 radical (unpaired) electrons. The zero-order valence-corrected chi connectivity index (χ0v) is 27.0. The second kappa shape index (κ2) is 18.7. The number of nitrogens with zero attached hydrogens (tertiary/aromatic N) is 2. The van der Waals surface area contributed by atoms with Gasteiger partial charge in [-0.2, -0.15) is 0 Å². The summed E-state index contributed by atoms with van der Waals surface area (Å²) in [6.07, 6.45) is -1.01. The molecule has 0 aliphatic carbocycles. The summed E-state index contributed by atoms with van der Waals surface area (Å²) in [6.45, 7) is 4.37. The Morgan fingerprint density at radius 2 is 1.08 bits per heavy atom. The zero-order chi connectivity index (χ0) is 35.9. The van der Waals surface area contributed by atoms with Gasteiger partial charge in [0, 0.05) is 30.6 Å². The van der Waals surface area contributed by atoms with Crippen molar-refractivity contribution in [2.45, 2.75) is 59.9 Å². The molecule has 0 amide bonds. The Hall–Kier alpha value is -5.59. The highest BCUT2D eigenvalue weighted by atomic mass is 19.3. The van der Waals surface area contributed by atoms with Crippen LogP contribution in [0.15, 0.2) is 116 Å². The van der Waals surface area contributed by atoms with Crippen LogP contribution in [-0.4, -0.2) is 27.1 Å². The Morgan fingerprint density at radius 1 is 0.633 bits per heavy atom. The molecule has 13 heteroatoms. The maximum absolute atomic E-state index is 12.4. The van der Waals surface area contributed by atoms with Crippen molar-refractivity contribution >= 4 is 0 Å².